The summed E-state index contributed by atoms with van der Waals surface area (Å²) in [5.74, 6) is 0.684. The Morgan fingerprint density at radius 1 is 1.67 bits per heavy atom. The predicted octanol–water partition coefficient (Wildman–Crippen LogP) is 1.64. The molecule has 0 saturated heterocycles. The molecule has 1 unspecified atom stereocenters. The smallest absolute Gasteiger partial charge is 0.232 e. The summed E-state index contributed by atoms with van der Waals surface area (Å²) in [4.78, 5) is 4.07. The molecular weight excluding hydrogens is 271 g/mol. The van der Waals surface area contributed by atoms with E-state index < -0.39 is 0 Å². The molecule has 1 aromatic heterocycles. The van der Waals surface area contributed by atoms with Gasteiger partial charge in [0.15, 0.2) is 0 Å². The van der Waals surface area contributed by atoms with Gasteiger partial charge in [0.1, 0.15) is 0 Å². The van der Waals surface area contributed by atoms with Crippen molar-refractivity contribution in [3.05, 3.63) is 9.72 Å². The average Bonchev–Trinajstić information content (AvgIpc) is 2.47. The number of nitrogens with zero attached hydrogens (tertiary/aromatic N) is 2. The SMILES string of the molecule is COC(C)CCc1nc(I)no1. The highest BCUT2D eigenvalue weighted by Gasteiger charge is 2.05. The van der Waals surface area contributed by atoms with Gasteiger partial charge in [-0.25, -0.2) is 0 Å². The molecule has 0 fully saturated rings. The lowest BCUT2D eigenvalue weighted by molar-refractivity contribution is 0.109. The van der Waals surface area contributed by atoms with E-state index in [4.69, 9.17) is 9.26 Å². The fourth-order valence-electron chi connectivity index (χ4n) is 0.780. The maximum atomic E-state index is 5.09. The third-order valence-electron chi connectivity index (χ3n) is 1.61. The van der Waals surface area contributed by atoms with Crippen LogP contribution in [0.5, 0.6) is 0 Å². The van der Waals surface area contributed by atoms with Crippen LogP contribution in [0.4, 0.5) is 0 Å². The normalized spacial score (nSPS) is 13.2. The molecule has 4 nitrogen and oxygen atoms in total. The monoisotopic (exact) mass is 282 g/mol. The van der Waals surface area contributed by atoms with Crippen LogP contribution in [0.25, 0.3) is 0 Å². The Morgan fingerprint density at radius 2 is 2.42 bits per heavy atom. The van der Waals surface area contributed by atoms with E-state index in [-0.39, 0.29) is 6.10 Å². The summed E-state index contributed by atoms with van der Waals surface area (Å²) < 4.78 is 10.7. The number of aryl methyl sites for hydroxylation is 1. The third kappa shape index (κ3) is 3.06. The third-order valence-corrected chi connectivity index (χ3v) is 2.05. The Labute approximate surface area is 84.8 Å². The molecule has 0 radical (unpaired) electrons. The lowest BCUT2D eigenvalue weighted by atomic mass is 10.2. The van der Waals surface area contributed by atoms with E-state index in [2.05, 4.69) is 10.1 Å². The van der Waals surface area contributed by atoms with E-state index in [1.807, 2.05) is 29.5 Å². The molecule has 1 rings (SSSR count). The van der Waals surface area contributed by atoms with Crippen LogP contribution in [0.15, 0.2) is 4.52 Å². The zero-order chi connectivity index (χ0) is 8.97. The minimum atomic E-state index is 0.245. The van der Waals surface area contributed by atoms with Crippen molar-refractivity contribution < 1.29 is 9.26 Å². The van der Waals surface area contributed by atoms with Crippen LogP contribution in [-0.2, 0) is 11.2 Å². The van der Waals surface area contributed by atoms with Crippen LogP contribution in [0.1, 0.15) is 19.2 Å². The molecule has 0 aliphatic rings. The van der Waals surface area contributed by atoms with Gasteiger partial charge in [-0.1, -0.05) is 5.16 Å². The fourth-order valence-corrected chi connectivity index (χ4v) is 1.15. The largest absolute Gasteiger partial charge is 0.382 e. The molecule has 0 bridgehead atoms. The molecule has 12 heavy (non-hydrogen) atoms. The Morgan fingerprint density at radius 3 is 2.92 bits per heavy atom. The molecule has 1 aromatic rings. The highest BCUT2D eigenvalue weighted by atomic mass is 127. The van der Waals surface area contributed by atoms with Gasteiger partial charge in [-0.05, 0) is 13.3 Å². The van der Waals surface area contributed by atoms with Crippen molar-refractivity contribution >= 4 is 22.6 Å². The standard InChI is InChI=1S/C7H11IN2O2/c1-5(11-2)3-4-6-9-7(8)10-12-6/h5H,3-4H2,1-2H3. The van der Waals surface area contributed by atoms with Crippen LogP contribution in [0, 0.1) is 3.83 Å². The molecule has 5 heteroatoms. The molecule has 0 saturated carbocycles. The van der Waals surface area contributed by atoms with Crippen molar-refractivity contribution in [2.75, 3.05) is 7.11 Å². The minimum absolute atomic E-state index is 0.245. The Balaban J connectivity index is 2.33. The molecular formula is C7H11IN2O2. The van der Waals surface area contributed by atoms with Gasteiger partial charge >= 0.3 is 0 Å². The fraction of sp³-hybridized carbons (Fsp3) is 0.714. The Hall–Kier alpha value is -0.170. The number of hydrogen-bond acceptors (Lipinski definition) is 4. The highest BCUT2D eigenvalue weighted by molar-refractivity contribution is 14.1. The first-order valence-electron chi connectivity index (χ1n) is 3.73. The van der Waals surface area contributed by atoms with Gasteiger partial charge in [0.05, 0.1) is 6.10 Å². The maximum absolute atomic E-state index is 5.09. The molecule has 0 amide bonds. The summed E-state index contributed by atoms with van der Waals surface area (Å²) in [6.45, 7) is 2.02. The van der Waals surface area contributed by atoms with Gasteiger partial charge in [-0.15, -0.1) is 0 Å². The minimum Gasteiger partial charge on any atom is -0.382 e. The van der Waals surface area contributed by atoms with E-state index >= 15 is 0 Å². The van der Waals surface area contributed by atoms with Crippen LogP contribution in [0.3, 0.4) is 0 Å². The summed E-state index contributed by atoms with van der Waals surface area (Å²) >= 11 is 2.02. The van der Waals surface area contributed by atoms with Gasteiger partial charge in [-0.2, -0.15) is 4.98 Å². The van der Waals surface area contributed by atoms with Crippen molar-refractivity contribution in [2.24, 2.45) is 0 Å². The Kier molecular flexibility index (Phi) is 3.93. The van der Waals surface area contributed by atoms with E-state index in [0.717, 1.165) is 12.8 Å². The molecule has 68 valence electrons. The zero-order valence-corrected chi connectivity index (χ0v) is 9.24. The number of rotatable bonds is 4. The first-order chi connectivity index (χ1) is 5.72. The van der Waals surface area contributed by atoms with Gasteiger partial charge in [0.25, 0.3) is 0 Å². The Bertz CT molecular complexity index is 239. The van der Waals surface area contributed by atoms with Crippen LogP contribution in [0.2, 0.25) is 0 Å². The van der Waals surface area contributed by atoms with Crippen LogP contribution < -0.4 is 0 Å². The summed E-state index contributed by atoms with van der Waals surface area (Å²) in [7, 11) is 1.70. The van der Waals surface area contributed by atoms with Crippen LogP contribution in [-0.4, -0.2) is 23.4 Å². The van der Waals surface area contributed by atoms with E-state index in [9.17, 15) is 0 Å². The summed E-state index contributed by atoms with van der Waals surface area (Å²) in [5, 5.41) is 3.68. The van der Waals surface area contributed by atoms with Gasteiger partial charge in [0.2, 0.25) is 9.72 Å². The summed E-state index contributed by atoms with van der Waals surface area (Å²) in [5.41, 5.74) is 0. The average molecular weight is 282 g/mol. The highest BCUT2D eigenvalue weighted by Crippen LogP contribution is 2.05. The zero-order valence-electron chi connectivity index (χ0n) is 7.08. The van der Waals surface area contributed by atoms with Crippen molar-refractivity contribution in [3.8, 4) is 0 Å². The summed E-state index contributed by atoms with van der Waals surface area (Å²) in [6, 6.07) is 0. The molecule has 0 spiro atoms. The van der Waals surface area contributed by atoms with E-state index in [1.54, 1.807) is 7.11 Å². The maximum Gasteiger partial charge on any atom is 0.232 e. The van der Waals surface area contributed by atoms with Crippen LogP contribution >= 0.6 is 22.6 Å². The van der Waals surface area contributed by atoms with Crippen molar-refractivity contribution in [1.82, 2.24) is 10.1 Å². The first kappa shape index (κ1) is 9.91. The number of hydrogen-bond donors (Lipinski definition) is 0. The first-order valence-corrected chi connectivity index (χ1v) is 4.81. The van der Waals surface area contributed by atoms with E-state index in [1.165, 1.54) is 0 Å². The van der Waals surface area contributed by atoms with Gasteiger partial charge in [0, 0.05) is 36.1 Å². The quantitative estimate of drug-likeness (QED) is 0.788. The summed E-state index contributed by atoms with van der Waals surface area (Å²) in [6.07, 6.45) is 1.94. The second kappa shape index (κ2) is 4.76. The lowest BCUT2D eigenvalue weighted by Gasteiger charge is -2.05. The molecule has 1 heterocycles. The number of aromatic nitrogens is 2. The predicted molar refractivity (Wildman–Crippen MR) is 51.8 cm³/mol. The second-order valence-electron chi connectivity index (χ2n) is 2.54. The molecule has 0 aliphatic carbocycles. The molecule has 0 N–H and O–H groups in total. The number of halogens is 1. The van der Waals surface area contributed by atoms with Crippen molar-refractivity contribution in [3.63, 3.8) is 0 Å². The van der Waals surface area contributed by atoms with Gasteiger partial charge in [-0.3, -0.25) is 0 Å². The number of methoxy groups -OCH3 is 1. The lowest BCUT2D eigenvalue weighted by Crippen LogP contribution is -2.05. The number of ether oxygens (including phenoxy) is 1. The van der Waals surface area contributed by atoms with Crippen molar-refractivity contribution in [1.29, 1.82) is 0 Å². The van der Waals surface area contributed by atoms with Gasteiger partial charge < -0.3 is 9.26 Å². The second-order valence-corrected chi connectivity index (χ2v) is 3.51. The topological polar surface area (TPSA) is 48.2 Å². The molecule has 1 atom stereocenters. The molecule has 0 aromatic carbocycles. The van der Waals surface area contributed by atoms with Crippen molar-refractivity contribution in [2.45, 2.75) is 25.9 Å². The van der Waals surface area contributed by atoms with E-state index in [0.29, 0.717) is 9.72 Å². The molecule has 0 aliphatic heterocycles.